The second kappa shape index (κ2) is 7.23. The molecule has 0 saturated carbocycles. The molecule has 4 aromatic rings. The van der Waals surface area contributed by atoms with Crippen LogP contribution < -0.4 is 15.8 Å². The summed E-state index contributed by atoms with van der Waals surface area (Å²) in [5, 5.41) is 2.64. The molecule has 0 aliphatic carbocycles. The summed E-state index contributed by atoms with van der Waals surface area (Å²) in [5.74, 6) is -0.473. The average Bonchev–Trinajstić information content (AvgIpc) is 3.36. The van der Waals surface area contributed by atoms with Crippen LogP contribution in [-0.2, 0) is 6.61 Å². The number of benzene rings is 2. The Kier molecular flexibility index (Phi) is 4.47. The normalized spacial score (nSPS) is 10.7. The molecule has 9 heteroatoms. The molecular weight excluding hydrogens is 360 g/mol. The Morgan fingerprint density at radius 3 is 2.71 bits per heavy atom. The Hall–Kier alpha value is -4.14. The van der Waals surface area contributed by atoms with Gasteiger partial charge >= 0.3 is 0 Å². The molecule has 0 saturated heterocycles. The number of primary amides is 1. The summed E-state index contributed by atoms with van der Waals surface area (Å²) in [5.41, 5.74) is 7.30. The van der Waals surface area contributed by atoms with E-state index in [4.69, 9.17) is 10.5 Å². The van der Waals surface area contributed by atoms with Crippen LogP contribution in [0, 0.1) is 0 Å². The molecule has 5 N–H and O–H groups in total. The third-order valence-electron chi connectivity index (χ3n) is 4.02. The van der Waals surface area contributed by atoms with Crippen LogP contribution in [-0.4, -0.2) is 31.8 Å². The predicted octanol–water partition coefficient (Wildman–Crippen LogP) is 2.22. The Labute approximate surface area is 159 Å². The largest absolute Gasteiger partial charge is 0.489 e. The second-order valence-corrected chi connectivity index (χ2v) is 5.98. The number of nitrogens with zero attached hydrogens (tertiary/aromatic N) is 2. The Balaban J connectivity index is 1.70. The monoisotopic (exact) mass is 376 g/mol. The zero-order valence-corrected chi connectivity index (χ0v) is 14.6. The van der Waals surface area contributed by atoms with Crippen molar-refractivity contribution < 1.29 is 14.3 Å². The van der Waals surface area contributed by atoms with E-state index in [1.165, 1.54) is 6.20 Å². The number of amides is 2. The highest BCUT2D eigenvalue weighted by molar-refractivity contribution is 6.12. The average molecular weight is 376 g/mol. The van der Waals surface area contributed by atoms with Gasteiger partial charge in [0, 0.05) is 18.5 Å². The minimum absolute atomic E-state index is 0.0396. The van der Waals surface area contributed by atoms with E-state index in [0.717, 1.165) is 5.56 Å². The van der Waals surface area contributed by atoms with Crippen molar-refractivity contribution in [2.24, 2.45) is 5.73 Å². The number of anilines is 1. The van der Waals surface area contributed by atoms with Crippen molar-refractivity contribution in [3.05, 3.63) is 71.8 Å². The fourth-order valence-corrected chi connectivity index (χ4v) is 2.72. The lowest BCUT2D eigenvalue weighted by Gasteiger charge is -2.09. The standard InChI is InChI=1S/C19H16N6O3/c20-16(26)17-23-14-9-12(28-10-11-4-2-1-3-5-11)8-13(15(14)24-17)18(27)25-19-21-6-7-22-19/h1-9H,10H2,(H2,20,26)(H,23,24)(H2,21,22,25,27). The fourth-order valence-electron chi connectivity index (χ4n) is 2.72. The van der Waals surface area contributed by atoms with E-state index in [1.807, 2.05) is 30.3 Å². The lowest BCUT2D eigenvalue weighted by Crippen LogP contribution is -2.14. The first-order valence-electron chi connectivity index (χ1n) is 8.41. The zero-order chi connectivity index (χ0) is 19.5. The molecule has 9 nitrogen and oxygen atoms in total. The highest BCUT2D eigenvalue weighted by Gasteiger charge is 2.18. The van der Waals surface area contributed by atoms with Gasteiger partial charge in [0.1, 0.15) is 12.4 Å². The van der Waals surface area contributed by atoms with Gasteiger partial charge in [-0.25, -0.2) is 9.97 Å². The minimum Gasteiger partial charge on any atom is -0.489 e. The van der Waals surface area contributed by atoms with Crippen LogP contribution in [0.2, 0.25) is 0 Å². The van der Waals surface area contributed by atoms with Gasteiger partial charge in [0.15, 0.2) is 5.82 Å². The molecule has 4 rings (SSSR count). The molecule has 2 heterocycles. The van der Waals surface area contributed by atoms with Gasteiger partial charge in [0.05, 0.1) is 16.6 Å². The molecule has 0 unspecified atom stereocenters. The Bertz CT molecular complexity index is 1140. The number of fused-ring (bicyclic) bond motifs is 1. The van der Waals surface area contributed by atoms with E-state index in [-0.39, 0.29) is 11.4 Å². The summed E-state index contributed by atoms with van der Waals surface area (Å²) in [6.07, 6.45) is 3.11. The number of carbonyl (C=O) groups is 2. The van der Waals surface area contributed by atoms with E-state index in [9.17, 15) is 9.59 Å². The van der Waals surface area contributed by atoms with E-state index in [1.54, 1.807) is 18.3 Å². The summed E-state index contributed by atoms with van der Waals surface area (Å²) < 4.78 is 5.82. The molecule has 0 fully saturated rings. The molecule has 0 aliphatic heterocycles. The Morgan fingerprint density at radius 1 is 1.18 bits per heavy atom. The SMILES string of the molecule is NC(=O)c1nc2cc(OCc3ccccc3)cc(C(=O)Nc3ncc[nH]3)c2[nH]1. The molecule has 2 amide bonds. The van der Waals surface area contributed by atoms with Crippen molar-refractivity contribution in [2.75, 3.05) is 5.32 Å². The second-order valence-electron chi connectivity index (χ2n) is 5.98. The van der Waals surface area contributed by atoms with Gasteiger partial charge in [0.2, 0.25) is 5.95 Å². The number of ether oxygens (including phenoxy) is 1. The van der Waals surface area contributed by atoms with Gasteiger partial charge < -0.3 is 20.4 Å². The van der Waals surface area contributed by atoms with E-state index < -0.39 is 11.8 Å². The molecule has 2 aromatic heterocycles. The van der Waals surface area contributed by atoms with Crippen LogP contribution in [0.15, 0.2) is 54.9 Å². The lowest BCUT2D eigenvalue weighted by molar-refractivity contribution is 0.0989. The molecule has 0 aliphatic rings. The van der Waals surface area contributed by atoms with Crippen LogP contribution >= 0.6 is 0 Å². The molecule has 0 spiro atoms. The molecule has 140 valence electrons. The van der Waals surface area contributed by atoms with Crippen LogP contribution in [0.3, 0.4) is 0 Å². The summed E-state index contributed by atoms with van der Waals surface area (Å²) in [7, 11) is 0. The zero-order valence-electron chi connectivity index (χ0n) is 14.6. The Morgan fingerprint density at radius 2 is 2.00 bits per heavy atom. The summed E-state index contributed by atoms with van der Waals surface area (Å²) in [6, 6.07) is 12.8. The molecule has 28 heavy (non-hydrogen) atoms. The number of H-pyrrole nitrogens is 2. The first kappa shape index (κ1) is 17.3. The van der Waals surface area contributed by atoms with Crippen molar-refractivity contribution in [1.29, 1.82) is 0 Å². The maximum atomic E-state index is 12.7. The van der Waals surface area contributed by atoms with E-state index >= 15 is 0 Å². The van der Waals surface area contributed by atoms with E-state index in [0.29, 0.717) is 29.3 Å². The van der Waals surface area contributed by atoms with Crippen molar-refractivity contribution >= 4 is 28.8 Å². The molecule has 0 bridgehead atoms. The number of hydrogen-bond acceptors (Lipinski definition) is 5. The van der Waals surface area contributed by atoms with Gasteiger partial charge in [-0.15, -0.1) is 0 Å². The van der Waals surface area contributed by atoms with Crippen LogP contribution in [0.5, 0.6) is 5.75 Å². The quantitative estimate of drug-likeness (QED) is 0.409. The third-order valence-corrected chi connectivity index (χ3v) is 4.02. The van der Waals surface area contributed by atoms with Gasteiger partial charge in [-0.1, -0.05) is 30.3 Å². The maximum Gasteiger partial charge on any atom is 0.284 e. The number of aromatic nitrogens is 4. The highest BCUT2D eigenvalue weighted by Crippen LogP contribution is 2.25. The highest BCUT2D eigenvalue weighted by atomic mass is 16.5. The van der Waals surface area contributed by atoms with Gasteiger partial charge in [-0.3, -0.25) is 14.9 Å². The molecule has 2 aromatic carbocycles. The van der Waals surface area contributed by atoms with Crippen molar-refractivity contribution in [3.8, 4) is 5.75 Å². The number of hydrogen-bond donors (Lipinski definition) is 4. The number of rotatable bonds is 6. The molecule has 0 radical (unpaired) electrons. The number of nitrogens with two attached hydrogens (primary N) is 1. The lowest BCUT2D eigenvalue weighted by atomic mass is 10.1. The molecule has 0 atom stereocenters. The van der Waals surface area contributed by atoms with Crippen LogP contribution in [0.4, 0.5) is 5.95 Å². The minimum atomic E-state index is -0.722. The summed E-state index contributed by atoms with van der Waals surface area (Å²) >= 11 is 0. The molecular formula is C19H16N6O3. The van der Waals surface area contributed by atoms with Crippen molar-refractivity contribution in [2.45, 2.75) is 6.61 Å². The van der Waals surface area contributed by atoms with Gasteiger partial charge in [-0.05, 0) is 11.6 Å². The first-order valence-corrected chi connectivity index (χ1v) is 8.41. The van der Waals surface area contributed by atoms with Crippen molar-refractivity contribution in [3.63, 3.8) is 0 Å². The fraction of sp³-hybridized carbons (Fsp3) is 0.0526. The smallest absolute Gasteiger partial charge is 0.284 e. The summed E-state index contributed by atoms with van der Waals surface area (Å²) in [4.78, 5) is 37.9. The maximum absolute atomic E-state index is 12.7. The number of imidazole rings is 2. The summed E-state index contributed by atoms with van der Waals surface area (Å²) in [6.45, 7) is 0.318. The van der Waals surface area contributed by atoms with E-state index in [2.05, 4.69) is 25.3 Å². The number of carbonyl (C=O) groups excluding carboxylic acids is 2. The van der Waals surface area contributed by atoms with Gasteiger partial charge in [0.25, 0.3) is 11.8 Å². The van der Waals surface area contributed by atoms with Crippen LogP contribution in [0.25, 0.3) is 11.0 Å². The topological polar surface area (TPSA) is 139 Å². The third kappa shape index (κ3) is 3.54. The number of aromatic amines is 2. The van der Waals surface area contributed by atoms with Crippen LogP contribution in [0.1, 0.15) is 26.5 Å². The number of nitrogens with one attached hydrogen (secondary N) is 3. The first-order chi connectivity index (χ1) is 13.6. The van der Waals surface area contributed by atoms with Crippen molar-refractivity contribution in [1.82, 2.24) is 19.9 Å². The van der Waals surface area contributed by atoms with Gasteiger partial charge in [-0.2, -0.15) is 0 Å². The predicted molar refractivity (Wildman–Crippen MR) is 102 cm³/mol.